The lowest BCUT2D eigenvalue weighted by Gasteiger charge is -2.06. The quantitative estimate of drug-likeness (QED) is 0.364. The van der Waals surface area contributed by atoms with Gasteiger partial charge in [-0.1, -0.05) is 15.9 Å². The average molecular weight is 346 g/mol. The summed E-state index contributed by atoms with van der Waals surface area (Å²) in [5.74, 6) is -0.811. The van der Waals surface area contributed by atoms with Crippen molar-refractivity contribution in [3.8, 4) is 0 Å². The number of pyridine rings is 1. The standard InChI is InChI=1S/C7H4Br2F2N2O2/c8-2-3-1-4(9)12-7(13(14)15)5(3)6(10)11/h1,6H,2H2. The van der Waals surface area contributed by atoms with E-state index in [0.717, 1.165) is 0 Å². The van der Waals surface area contributed by atoms with Crippen LogP contribution in [-0.4, -0.2) is 9.91 Å². The van der Waals surface area contributed by atoms with Gasteiger partial charge in [0.25, 0.3) is 6.43 Å². The highest BCUT2D eigenvalue weighted by molar-refractivity contribution is 9.10. The van der Waals surface area contributed by atoms with Crippen LogP contribution in [0, 0.1) is 10.1 Å². The zero-order valence-corrected chi connectivity index (χ0v) is 10.3. The zero-order valence-electron chi connectivity index (χ0n) is 7.08. The van der Waals surface area contributed by atoms with E-state index in [1.54, 1.807) is 0 Å². The van der Waals surface area contributed by atoms with Crippen molar-refractivity contribution >= 4 is 37.7 Å². The van der Waals surface area contributed by atoms with Gasteiger partial charge in [0.15, 0.2) is 0 Å². The van der Waals surface area contributed by atoms with E-state index >= 15 is 0 Å². The van der Waals surface area contributed by atoms with E-state index in [2.05, 4.69) is 36.8 Å². The molecule has 0 aliphatic rings. The van der Waals surface area contributed by atoms with Gasteiger partial charge < -0.3 is 10.1 Å². The summed E-state index contributed by atoms with van der Waals surface area (Å²) in [6.45, 7) is 0. The predicted molar refractivity (Wildman–Crippen MR) is 56.2 cm³/mol. The largest absolute Gasteiger partial charge is 0.373 e. The fourth-order valence-electron chi connectivity index (χ4n) is 1.05. The Morgan fingerprint density at radius 1 is 1.60 bits per heavy atom. The summed E-state index contributed by atoms with van der Waals surface area (Å²) in [6, 6.07) is 1.32. The highest BCUT2D eigenvalue weighted by Gasteiger charge is 2.27. The van der Waals surface area contributed by atoms with Crippen LogP contribution in [0.4, 0.5) is 14.6 Å². The Morgan fingerprint density at radius 2 is 2.20 bits per heavy atom. The van der Waals surface area contributed by atoms with Crippen molar-refractivity contribution in [2.45, 2.75) is 11.8 Å². The Hall–Kier alpha value is -0.630. The predicted octanol–water partition coefficient (Wildman–Crippen LogP) is 3.58. The molecule has 0 bridgehead atoms. The average Bonchev–Trinajstić information content (AvgIpc) is 2.15. The topological polar surface area (TPSA) is 56.0 Å². The molecule has 0 aliphatic carbocycles. The third kappa shape index (κ3) is 2.69. The highest BCUT2D eigenvalue weighted by Crippen LogP contribution is 2.33. The summed E-state index contributed by atoms with van der Waals surface area (Å²) >= 11 is 5.91. The first kappa shape index (κ1) is 12.4. The van der Waals surface area contributed by atoms with Crippen molar-refractivity contribution in [2.24, 2.45) is 0 Å². The van der Waals surface area contributed by atoms with Crippen LogP contribution >= 0.6 is 31.9 Å². The van der Waals surface area contributed by atoms with Gasteiger partial charge in [-0.15, -0.1) is 0 Å². The molecular weight excluding hydrogens is 342 g/mol. The van der Waals surface area contributed by atoms with Crippen LogP contribution in [0.1, 0.15) is 17.6 Å². The van der Waals surface area contributed by atoms with Crippen molar-refractivity contribution in [2.75, 3.05) is 0 Å². The molecular formula is C7H4Br2F2N2O2. The maximum Gasteiger partial charge on any atom is 0.373 e. The van der Waals surface area contributed by atoms with Gasteiger partial charge in [-0.3, -0.25) is 0 Å². The Kier molecular flexibility index (Phi) is 4.09. The Labute approximate surface area is 100 Å². The lowest BCUT2D eigenvalue weighted by molar-refractivity contribution is -0.391. The molecule has 0 aliphatic heterocycles. The monoisotopic (exact) mass is 344 g/mol. The molecule has 1 aromatic rings. The molecule has 82 valence electrons. The van der Waals surface area contributed by atoms with E-state index < -0.39 is 22.7 Å². The molecule has 0 radical (unpaired) electrons. The zero-order chi connectivity index (χ0) is 11.6. The van der Waals surface area contributed by atoms with E-state index in [1.807, 2.05) is 0 Å². The lowest BCUT2D eigenvalue weighted by Crippen LogP contribution is -2.03. The highest BCUT2D eigenvalue weighted by atomic mass is 79.9. The van der Waals surface area contributed by atoms with Gasteiger partial charge in [-0.2, -0.15) is 0 Å². The molecule has 0 saturated heterocycles. The summed E-state index contributed by atoms with van der Waals surface area (Å²) < 4.78 is 25.3. The van der Waals surface area contributed by atoms with Crippen LogP contribution in [0.15, 0.2) is 10.7 Å². The fraction of sp³-hybridized carbons (Fsp3) is 0.286. The molecule has 0 amide bonds. The molecule has 1 rings (SSSR count). The summed E-state index contributed by atoms with van der Waals surface area (Å²) in [5.41, 5.74) is -0.487. The molecule has 0 atom stereocenters. The number of nitro groups is 1. The van der Waals surface area contributed by atoms with Crippen LogP contribution in [0.2, 0.25) is 0 Å². The SMILES string of the molecule is O=[N+]([O-])c1nc(Br)cc(CBr)c1C(F)F. The number of hydrogen-bond donors (Lipinski definition) is 0. The summed E-state index contributed by atoms with van der Waals surface area (Å²) in [5, 5.41) is 10.6. The lowest BCUT2D eigenvalue weighted by atomic mass is 10.1. The van der Waals surface area contributed by atoms with Crippen LogP contribution in [0.5, 0.6) is 0 Å². The van der Waals surface area contributed by atoms with Crippen molar-refractivity contribution < 1.29 is 13.7 Å². The number of rotatable bonds is 3. The van der Waals surface area contributed by atoms with Crippen molar-refractivity contribution in [1.29, 1.82) is 0 Å². The third-order valence-corrected chi connectivity index (χ3v) is 2.64. The first-order valence-corrected chi connectivity index (χ1v) is 5.56. The second kappa shape index (κ2) is 4.93. The molecule has 1 heterocycles. The van der Waals surface area contributed by atoms with Crippen LogP contribution in [0.3, 0.4) is 0 Å². The third-order valence-electron chi connectivity index (χ3n) is 1.63. The second-order valence-corrected chi connectivity index (χ2v) is 3.91. The molecule has 15 heavy (non-hydrogen) atoms. The molecule has 0 N–H and O–H groups in total. The Morgan fingerprint density at radius 3 is 2.60 bits per heavy atom. The van der Waals surface area contributed by atoms with Crippen molar-refractivity contribution in [1.82, 2.24) is 4.98 Å². The molecule has 0 fully saturated rings. The van der Waals surface area contributed by atoms with E-state index in [1.165, 1.54) is 6.07 Å². The first-order valence-electron chi connectivity index (χ1n) is 3.65. The van der Waals surface area contributed by atoms with Gasteiger partial charge in [-0.05, 0) is 15.5 Å². The summed E-state index contributed by atoms with van der Waals surface area (Å²) in [6.07, 6.45) is -2.92. The smallest absolute Gasteiger partial charge is 0.358 e. The van der Waals surface area contributed by atoms with Gasteiger partial charge in [0.05, 0.1) is 0 Å². The van der Waals surface area contributed by atoms with Gasteiger partial charge in [0.2, 0.25) is 4.60 Å². The minimum Gasteiger partial charge on any atom is -0.358 e. The van der Waals surface area contributed by atoms with Crippen LogP contribution < -0.4 is 0 Å². The second-order valence-electron chi connectivity index (χ2n) is 2.53. The van der Waals surface area contributed by atoms with Gasteiger partial charge >= 0.3 is 5.82 Å². The van der Waals surface area contributed by atoms with E-state index in [-0.39, 0.29) is 15.5 Å². The first-order chi connectivity index (χ1) is 6.97. The minimum atomic E-state index is -2.92. The molecule has 1 aromatic heterocycles. The molecule has 0 saturated carbocycles. The Bertz CT molecular complexity index is 401. The van der Waals surface area contributed by atoms with Crippen LogP contribution in [-0.2, 0) is 5.33 Å². The van der Waals surface area contributed by atoms with E-state index in [0.29, 0.717) is 0 Å². The number of alkyl halides is 3. The fourth-order valence-corrected chi connectivity index (χ4v) is 1.95. The number of nitrogens with zero attached hydrogens (tertiary/aromatic N) is 2. The number of aromatic nitrogens is 1. The molecule has 0 unspecified atom stereocenters. The van der Waals surface area contributed by atoms with Crippen LogP contribution in [0.25, 0.3) is 0 Å². The molecule has 8 heteroatoms. The number of hydrogen-bond acceptors (Lipinski definition) is 3. The van der Waals surface area contributed by atoms with E-state index in [9.17, 15) is 18.9 Å². The number of halogens is 4. The normalized spacial score (nSPS) is 10.7. The molecule has 0 aromatic carbocycles. The Balaban J connectivity index is 3.47. The summed E-state index contributed by atoms with van der Waals surface area (Å²) in [7, 11) is 0. The molecule has 4 nitrogen and oxygen atoms in total. The summed E-state index contributed by atoms with van der Waals surface area (Å²) in [4.78, 5) is 13.0. The maximum atomic E-state index is 12.6. The maximum absolute atomic E-state index is 12.6. The van der Waals surface area contributed by atoms with E-state index in [4.69, 9.17) is 0 Å². The van der Waals surface area contributed by atoms with Gasteiger partial charge in [-0.25, -0.2) is 8.78 Å². The van der Waals surface area contributed by atoms with Gasteiger partial charge in [0, 0.05) is 27.3 Å². The minimum absolute atomic E-state index is 0.106. The van der Waals surface area contributed by atoms with Crippen molar-refractivity contribution in [3.63, 3.8) is 0 Å². The molecule has 0 spiro atoms. The van der Waals surface area contributed by atoms with Gasteiger partial charge in [0.1, 0.15) is 5.56 Å². The van der Waals surface area contributed by atoms with Crippen molar-refractivity contribution in [3.05, 3.63) is 31.9 Å².